The molecule has 0 aromatic heterocycles. The van der Waals surface area contributed by atoms with Gasteiger partial charge < -0.3 is 38.4 Å². The molecule has 0 fully saturated rings. The Kier molecular flexibility index (Phi) is 29.3. The van der Waals surface area contributed by atoms with Gasteiger partial charge in [-0.3, -0.25) is 0 Å². The van der Waals surface area contributed by atoms with Crippen molar-refractivity contribution in [2.75, 3.05) is 60.0 Å². The van der Waals surface area contributed by atoms with Crippen LogP contribution in [0.5, 0.6) is 5.75 Å². The molecular formula is C75H89NO9Os2-. The van der Waals surface area contributed by atoms with Gasteiger partial charge >= 0.3 is 41.9 Å². The van der Waals surface area contributed by atoms with E-state index in [0.717, 1.165) is 140 Å². The van der Waals surface area contributed by atoms with Crippen molar-refractivity contribution >= 4 is 33.8 Å². The number of rotatable bonds is 36. The molecule has 0 spiro atoms. The molecule has 0 amide bonds. The maximum absolute atomic E-state index is 13.5. The predicted octanol–water partition coefficient (Wildman–Crippen LogP) is 16.1. The van der Waals surface area contributed by atoms with E-state index in [1.807, 2.05) is 12.1 Å². The molecule has 87 heavy (non-hydrogen) atoms. The topological polar surface area (TPSA) is 144 Å². The Morgan fingerprint density at radius 1 is 0.575 bits per heavy atom. The molecule has 2 unspecified atom stereocenters. The number of fused-ring (bicyclic) bond motifs is 6. The van der Waals surface area contributed by atoms with E-state index in [2.05, 4.69) is 139 Å². The second kappa shape index (κ2) is 36.2. The zero-order valence-corrected chi connectivity index (χ0v) is 57.4. The number of nitriles is 1. The van der Waals surface area contributed by atoms with Crippen LogP contribution in [-0.2, 0) is 83.9 Å². The number of carboxylic acid groups (broad SMARTS) is 1. The summed E-state index contributed by atoms with van der Waals surface area (Å²) in [5.74, 6) is -0.440. The second-order valence-electron chi connectivity index (χ2n) is 23.4. The van der Waals surface area contributed by atoms with Crippen molar-refractivity contribution in [3.8, 4) is 34.1 Å². The van der Waals surface area contributed by atoms with Gasteiger partial charge in [-0.25, -0.2) is 0 Å². The standard InChI is InChI=1S/C75H90NO8.O.2Os/c1-8-12-14-16-19-55(20-17-15-13-9-2)45-67-68-47-57(24-30-63(68)62-28-21-52(5)42-66(62)70(67)50-76)58-25-31-65-64-29-22-53(6)43-71(64)75(72(65)48-58,60-26-23-56(59(46-60)51-77)44-54(18-10-3)33-35-81-34-11-4)61-27-32-73(69(49-61)74(78)79)84-41-40-83-39-38-82-37-36-80-7;;;/h21-32,42-43,46-49,54-55H,8-20,33-41,44-45H2,1-7H3,(H,78,79);;;/q-1;;;+1/p-1. The Balaban J connectivity index is 0.00000399. The van der Waals surface area contributed by atoms with Gasteiger partial charge in [0.2, 0.25) is 0 Å². The van der Waals surface area contributed by atoms with E-state index in [9.17, 15) is 20.0 Å². The molecule has 2 atom stereocenters. The Morgan fingerprint density at radius 2 is 1.16 bits per heavy atom. The summed E-state index contributed by atoms with van der Waals surface area (Å²) < 4.78 is 36.8. The van der Waals surface area contributed by atoms with Crippen molar-refractivity contribution < 1.29 is 80.3 Å². The molecule has 0 bridgehead atoms. The van der Waals surface area contributed by atoms with Gasteiger partial charge in [0.15, 0.2) is 0 Å². The summed E-state index contributed by atoms with van der Waals surface area (Å²) in [7, 11) is 1.63. The Hall–Kier alpha value is -5.60. The molecule has 7 aromatic carbocycles. The fourth-order valence-corrected chi connectivity index (χ4v) is 13.1. The number of carbonyl (C=O) groups excluding carboxylic acids is 2. The monoisotopic (exact) mass is 1530 g/mol. The van der Waals surface area contributed by atoms with Crippen molar-refractivity contribution in [3.05, 3.63) is 170 Å². The first kappa shape index (κ1) is 70.5. The summed E-state index contributed by atoms with van der Waals surface area (Å²) in [5.41, 5.74) is 11.7. The number of hydrogen-bond donors (Lipinski definition) is 0. The summed E-state index contributed by atoms with van der Waals surface area (Å²) in [5, 5.41) is 29.0. The quantitative estimate of drug-likeness (QED) is 0.0211. The molecule has 1 aliphatic rings. The Labute approximate surface area is 541 Å². The minimum atomic E-state index is -1.37. The van der Waals surface area contributed by atoms with Crippen molar-refractivity contribution in [2.24, 2.45) is 11.8 Å². The molecule has 1 aliphatic carbocycles. The molecule has 0 N–H and O–H groups in total. The van der Waals surface area contributed by atoms with E-state index >= 15 is 0 Å². The number of aromatic carboxylic acids is 1. The predicted molar refractivity (Wildman–Crippen MR) is 340 cm³/mol. The summed E-state index contributed by atoms with van der Waals surface area (Å²) in [6.45, 7) is 16.5. The fraction of sp³-hybridized carbons (Fsp3) is 0.453. The van der Waals surface area contributed by atoms with Crippen molar-refractivity contribution in [1.82, 2.24) is 0 Å². The number of methoxy groups -OCH3 is 1. The largest absolute Gasteiger partial charge is 1.00 e. The molecular weight excluding hydrogens is 1440 g/mol. The number of carboxylic acids is 1. The first-order valence-electron chi connectivity index (χ1n) is 31.6. The third kappa shape index (κ3) is 17.4. The van der Waals surface area contributed by atoms with E-state index in [0.29, 0.717) is 81.0 Å². The molecule has 1 radical (unpaired) electrons. The van der Waals surface area contributed by atoms with Crippen LogP contribution in [0.25, 0.3) is 43.8 Å². The van der Waals surface area contributed by atoms with Gasteiger partial charge in [0.05, 0.1) is 56.3 Å². The molecule has 10 nitrogen and oxygen atoms in total. The van der Waals surface area contributed by atoms with Crippen LogP contribution in [0.1, 0.15) is 184 Å². The average molecular weight is 1530 g/mol. The molecule has 8 rings (SSSR count). The van der Waals surface area contributed by atoms with Gasteiger partial charge in [-0.05, 0) is 130 Å². The van der Waals surface area contributed by atoms with Crippen LogP contribution in [0.3, 0.4) is 0 Å². The summed E-state index contributed by atoms with van der Waals surface area (Å²) in [6.07, 6.45) is 19.7. The number of nitrogens with zero attached hydrogens (tertiary/aromatic N) is 1. The molecule has 7 aromatic rings. The minimum absolute atomic E-state index is 0. The van der Waals surface area contributed by atoms with Gasteiger partial charge in [-0.1, -0.05) is 201 Å². The van der Waals surface area contributed by atoms with Crippen LogP contribution in [-0.4, -0.2) is 72.2 Å². The maximum atomic E-state index is 13.5. The van der Waals surface area contributed by atoms with Crippen molar-refractivity contribution in [2.45, 2.75) is 150 Å². The van der Waals surface area contributed by atoms with Gasteiger partial charge in [0.1, 0.15) is 18.4 Å². The number of benzene rings is 7. The van der Waals surface area contributed by atoms with Crippen LogP contribution in [0.15, 0.2) is 109 Å². The van der Waals surface area contributed by atoms with Crippen LogP contribution < -0.4 is 9.84 Å². The first-order valence-corrected chi connectivity index (χ1v) is 32.6. The second-order valence-corrected chi connectivity index (χ2v) is 23.4. The van der Waals surface area contributed by atoms with Gasteiger partial charge in [-0.15, -0.1) is 17.2 Å². The number of hydrogen-bond acceptors (Lipinski definition) is 10. The number of unbranched alkanes of at least 4 members (excludes halogenated alkanes) is 6. The summed E-state index contributed by atoms with van der Waals surface area (Å²) in [4.78, 5) is 26.9. The first-order chi connectivity index (χ1) is 42.0. The van der Waals surface area contributed by atoms with Gasteiger partial charge in [0, 0.05) is 31.3 Å². The minimum Gasteiger partial charge on any atom is 1.00 e. The van der Waals surface area contributed by atoms with Crippen LogP contribution in [0.2, 0.25) is 0 Å². The van der Waals surface area contributed by atoms with Gasteiger partial charge in [0.25, 0.3) is 0 Å². The van der Waals surface area contributed by atoms with E-state index in [4.69, 9.17) is 27.2 Å². The van der Waals surface area contributed by atoms with Crippen LogP contribution >= 0.6 is 0 Å². The SMILES string of the molecule is CCCCCCC(CCCCCC)Cc1c(C#N)c2cc(C)ccc2c2ccc(-c3ccc4c(c3)C(c3ccc(CC(CCC)CCOCCC)c([C-]=O)c3)(c3ccc(OCCOCCOCCOC)c(C(=O)[O-])c3)c3cc(C)ccc3-4)cc12.[O]=[Os].[Os+]. The van der Waals surface area contributed by atoms with Crippen molar-refractivity contribution in [1.29, 1.82) is 5.26 Å². The van der Waals surface area contributed by atoms with Crippen LogP contribution in [0.4, 0.5) is 0 Å². The van der Waals surface area contributed by atoms with E-state index < -0.39 is 11.4 Å². The Morgan fingerprint density at radius 3 is 1.83 bits per heavy atom. The van der Waals surface area contributed by atoms with Crippen LogP contribution in [0, 0.1) is 37.0 Å². The third-order valence-electron chi connectivity index (χ3n) is 17.3. The number of carbonyl (C=O) groups is 1. The van der Waals surface area contributed by atoms with E-state index in [-0.39, 0.29) is 44.3 Å². The number of ether oxygens (including phenoxy) is 5. The maximum Gasteiger partial charge on any atom is 1.00 e. The fourth-order valence-electron chi connectivity index (χ4n) is 13.1. The zero-order valence-electron chi connectivity index (χ0n) is 52.3. The molecule has 0 heterocycles. The molecule has 12 heteroatoms. The molecule has 465 valence electrons. The molecule has 0 aliphatic heterocycles. The number of aryl methyl sites for hydroxylation is 2. The summed E-state index contributed by atoms with van der Waals surface area (Å²) >= 11 is 0.611. The van der Waals surface area contributed by atoms with Crippen molar-refractivity contribution in [3.63, 3.8) is 0 Å². The smallest absolute Gasteiger partial charge is 1.00 e. The zero-order chi connectivity index (χ0) is 61.4. The average Bonchev–Trinajstić information content (AvgIpc) is 1.61. The Bertz CT molecular complexity index is 3400. The third-order valence-corrected chi connectivity index (χ3v) is 17.3. The van der Waals surface area contributed by atoms with E-state index in [1.54, 1.807) is 19.2 Å². The summed E-state index contributed by atoms with van der Waals surface area (Å²) in [6, 6.07) is 40.9. The van der Waals surface area contributed by atoms with E-state index in [1.165, 1.54) is 51.4 Å². The molecule has 0 saturated carbocycles. The van der Waals surface area contributed by atoms with Gasteiger partial charge in [-0.2, -0.15) is 11.3 Å². The molecule has 0 saturated heterocycles. The normalized spacial score (nSPS) is 13.6.